The first-order valence-electron chi connectivity index (χ1n) is 5.42. The van der Waals surface area contributed by atoms with Gasteiger partial charge in [0.25, 0.3) is 0 Å². The Morgan fingerprint density at radius 1 is 1.44 bits per heavy atom. The number of halogens is 1. The molecule has 1 fully saturated rings. The SMILES string of the molecule is CC1CCSC(=NCc2ccc(Cl)cc2)N1. The van der Waals surface area contributed by atoms with Crippen LogP contribution >= 0.6 is 23.4 Å². The van der Waals surface area contributed by atoms with Gasteiger partial charge in [-0.2, -0.15) is 0 Å². The van der Waals surface area contributed by atoms with Crippen LogP contribution in [0.25, 0.3) is 0 Å². The summed E-state index contributed by atoms with van der Waals surface area (Å²) >= 11 is 7.63. The maximum atomic E-state index is 5.83. The van der Waals surface area contributed by atoms with Crippen molar-refractivity contribution < 1.29 is 0 Å². The third-order valence-corrected chi connectivity index (χ3v) is 3.69. The van der Waals surface area contributed by atoms with Gasteiger partial charge in [-0.15, -0.1) is 0 Å². The number of hydrogen-bond acceptors (Lipinski definition) is 2. The average Bonchev–Trinajstić information content (AvgIpc) is 2.28. The molecular weight excluding hydrogens is 240 g/mol. The lowest BCUT2D eigenvalue weighted by Gasteiger charge is -2.21. The van der Waals surface area contributed by atoms with Crippen LogP contribution in [0.2, 0.25) is 5.02 Å². The fourth-order valence-corrected chi connectivity index (χ4v) is 2.73. The highest BCUT2D eigenvalue weighted by Gasteiger charge is 2.12. The number of thioether (sulfide) groups is 1. The molecule has 4 heteroatoms. The molecule has 2 rings (SSSR count). The van der Waals surface area contributed by atoms with E-state index in [1.54, 1.807) is 11.8 Å². The van der Waals surface area contributed by atoms with Crippen LogP contribution < -0.4 is 5.32 Å². The van der Waals surface area contributed by atoms with Crippen molar-refractivity contribution in [2.24, 2.45) is 4.99 Å². The number of hydrogen-bond donors (Lipinski definition) is 1. The van der Waals surface area contributed by atoms with Crippen LogP contribution in [-0.4, -0.2) is 17.0 Å². The van der Waals surface area contributed by atoms with Crippen molar-refractivity contribution in [3.8, 4) is 0 Å². The van der Waals surface area contributed by atoms with Gasteiger partial charge in [-0.25, -0.2) is 0 Å². The zero-order valence-electron chi connectivity index (χ0n) is 9.24. The number of aliphatic imine (C=N–C) groups is 1. The van der Waals surface area contributed by atoms with Crippen LogP contribution in [0.3, 0.4) is 0 Å². The van der Waals surface area contributed by atoms with Crippen LogP contribution in [-0.2, 0) is 6.54 Å². The van der Waals surface area contributed by atoms with Gasteiger partial charge in [0.15, 0.2) is 5.17 Å². The lowest BCUT2D eigenvalue weighted by molar-refractivity contribution is 0.642. The van der Waals surface area contributed by atoms with E-state index in [0.29, 0.717) is 6.04 Å². The van der Waals surface area contributed by atoms with E-state index in [9.17, 15) is 0 Å². The molecule has 0 saturated carbocycles. The van der Waals surface area contributed by atoms with Gasteiger partial charge in [0.2, 0.25) is 0 Å². The maximum absolute atomic E-state index is 5.83. The van der Waals surface area contributed by atoms with Crippen molar-refractivity contribution >= 4 is 28.5 Å². The Morgan fingerprint density at radius 3 is 2.88 bits per heavy atom. The van der Waals surface area contributed by atoms with E-state index in [1.807, 2.05) is 24.3 Å². The molecule has 1 aromatic carbocycles. The molecule has 1 aliphatic heterocycles. The Hall–Kier alpha value is -0.670. The molecule has 16 heavy (non-hydrogen) atoms. The number of benzene rings is 1. The minimum absolute atomic E-state index is 0.546. The predicted octanol–water partition coefficient (Wildman–Crippen LogP) is 3.31. The summed E-state index contributed by atoms with van der Waals surface area (Å²) < 4.78 is 0. The summed E-state index contributed by atoms with van der Waals surface area (Å²) in [4.78, 5) is 4.56. The quantitative estimate of drug-likeness (QED) is 0.876. The summed E-state index contributed by atoms with van der Waals surface area (Å²) in [5, 5.41) is 5.22. The third kappa shape index (κ3) is 3.42. The Kier molecular flexibility index (Phi) is 4.13. The molecule has 0 amide bonds. The molecule has 2 nitrogen and oxygen atoms in total. The Bertz CT molecular complexity index is 375. The number of amidine groups is 1. The predicted molar refractivity (Wildman–Crippen MR) is 72.3 cm³/mol. The van der Waals surface area contributed by atoms with E-state index < -0.39 is 0 Å². The molecule has 86 valence electrons. The average molecular weight is 255 g/mol. The number of nitrogens with one attached hydrogen (secondary N) is 1. The third-order valence-electron chi connectivity index (χ3n) is 2.48. The summed E-state index contributed by atoms with van der Waals surface area (Å²) in [6.45, 7) is 2.91. The van der Waals surface area contributed by atoms with Crippen molar-refractivity contribution in [1.29, 1.82) is 0 Å². The van der Waals surface area contributed by atoms with Gasteiger partial charge in [-0.05, 0) is 31.0 Å². The van der Waals surface area contributed by atoms with Gasteiger partial charge in [0.05, 0.1) is 6.54 Å². The molecule has 1 aromatic rings. The van der Waals surface area contributed by atoms with Gasteiger partial charge in [-0.3, -0.25) is 4.99 Å². The Morgan fingerprint density at radius 2 is 2.19 bits per heavy atom. The van der Waals surface area contributed by atoms with E-state index in [2.05, 4.69) is 17.2 Å². The summed E-state index contributed by atoms with van der Waals surface area (Å²) in [5.41, 5.74) is 1.19. The molecule has 0 bridgehead atoms. The Balaban J connectivity index is 1.95. The largest absolute Gasteiger partial charge is 0.362 e. The van der Waals surface area contributed by atoms with Crippen LogP contribution in [0, 0.1) is 0 Å². The molecule has 1 aliphatic rings. The normalized spacial score (nSPS) is 23.1. The highest BCUT2D eigenvalue weighted by atomic mass is 35.5. The highest BCUT2D eigenvalue weighted by Crippen LogP contribution is 2.15. The second-order valence-electron chi connectivity index (χ2n) is 3.93. The van der Waals surface area contributed by atoms with Crippen molar-refractivity contribution in [2.45, 2.75) is 25.9 Å². The molecule has 0 radical (unpaired) electrons. The molecule has 1 atom stereocenters. The summed E-state index contributed by atoms with van der Waals surface area (Å²) in [6.07, 6.45) is 1.21. The van der Waals surface area contributed by atoms with Gasteiger partial charge < -0.3 is 5.32 Å². The summed E-state index contributed by atoms with van der Waals surface area (Å²) in [7, 11) is 0. The van der Waals surface area contributed by atoms with Crippen molar-refractivity contribution in [1.82, 2.24) is 5.32 Å². The van der Waals surface area contributed by atoms with Crippen molar-refractivity contribution in [3.63, 3.8) is 0 Å². The smallest absolute Gasteiger partial charge is 0.157 e. The van der Waals surface area contributed by atoms with Crippen molar-refractivity contribution in [2.75, 3.05) is 5.75 Å². The molecule has 0 spiro atoms. The molecule has 1 N–H and O–H groups in total. The van der Waals surface area contributed by atoms with Gasteiger partial charge in [-0.1, -0.05) is 35.5 Å². The molecular formula is C12H15ClN2S. The Labute approximate surface area is 105 Å². The van der Waals surface area contributed by atoms with E-state index in [1.165, 1.54) is 12.0 Å². The topological polar surface area (TPSA) is 24.4 Å². The minimum atomic E-state index is 0.546. The fraction of sp³-hybridized carbons (Fsp3) is 0.417. The standard InChI is InChI=1S/C12H15ClN2S/c1-9-6-7-16-12(15-9)14-8-10-2-4-11(13)5-3-10/h2-5,9H,6-8H2,1H3,(H,14,15). The first-order chi connectivity index (χ1) is 7.74. The summed E-state index contributed by atoms with van der Waals surface area (Å²) in [6, 6.07) is 8.39. The monoisotopic (exact) mass is 254 g/mol. The fourth-order valence-electron chi connectivity index (χ4n) is 1.50. The van der Waals surface area contributed by atoms with E-state index >= 15 is 0 Å². The molecule has 0 aromatic heterocycles. The van der Waals surface area contributed by atoms with Crippen molar-refractivity contribution in [3.05, 3.63) is 34.9 Å². The summed E-state index contributed by atoms with van der Waals surface area (Å²) in [5.74, 6) is 1.16. The molecule has 0 aliphatic carbocycles. The van der Waals surface area contributed by atoms with Gasteiger partial charge in [0.1, 0.15) is 0 Å². The second-order valence-corrected chi connectivity index (χ2v) is 5.45. The first-order valence-corrected chi connectivity index (χ1v) is 6.78. The molecule has 1 saturated heterocycles. The molecule has 1 unspecified atom stereocenters. The minimum Gasteiger partial charge on any atom is -0.362 e. The zero-order chi connectivity index (χ0) is 11.4. The van der Waals surface area contributed by atoms with E-state index in [-0.39, 0.29) is 0 Å². The van der Waals surface area contributed by atoms with Gasteiger partial charge in [0, 0.05) is 16.8 Å². The lowest BCUT2D eigenvalue weighted by atomic mass is 10.2. The molecule has 1 heterocycles. The van der Waals surface area contributed by atoms with Crippen LogP contribution in [0.1, 0.15) is 18.9 Å². The van der Waals surface area contributed by atoms with Crippen LogP contribution in [0.4, 0.5) is 0 Å². The van der Waals surface area contributed by atoms with Crippen LogP contribution in [0.5, 0.6) is 0 Å². The number of rotatable bonds is 2. The lowest BCUT2D eigenvalue weighted by Crippen LogP contribution is -2.35. The second kappa shape index (κ2) is 5.60. The van der Waals surface area contributed by atoms with Crippen LogP contribution in [0.15, 0.2) is 29.3 Å². The van der Waals surface area contributed by atoms with E-state index in [4.69, 9.17) is 11.6 Å². The maximum Gasteiger partial charge on any atom is 0.157 e. The van der Waals surface area contributed by atoms with E-state index in [0.717, 1.165) is 22.5 Å². The number of nitrogens with zero attached hydrogens (tertiary/aromatic N) is 1. The zero-order valence-corrected chi connectivity index (χ0v) is 10.8. The first kappa shape index (κ1) is 11.8. The highest BCUT2D eigenvalue weighted by molar-refractivity contribution is 8.13. The van der Waals surface area contributed by atoms with Gasteiger partial charge >= 0.3 is 0 Å².